The minimum absolute atomic E-state index is 0.649. The zero-order valence-electron chi connectivity index (χ0n) is 8.49. The van der Waals surface area contributed by atoms with Crippen LogP contribution in [-0.4, -0.2) is 13.7 Å². The van der Waals surface area contributed by atoms with Crippen molar-refractivity contribution in [3.8, 4) is 0 Å². The van der Waals surface area contributed by atoms with Gasteiger partial charge in [0.25, 0.3) is 0 Å². The van der Waals surface area contributed by atoms with E-state index < -0.39 is 0 Å². The summed E-state index contributed by atoms with van der Waals surface area (Å²) in [5, 5.41) is 0. The van der Waals surface area contributed by atoms with E-state index >= 15 is 0 Å². The second-order valence-electron chi connectivity index (χ2n) is 3.45. The molecule has 1 atom stereocenters. The van der Waals surface area contributed by atoms with E-state index in [0.717, 1.165) is 13.0 Å². The van der Waals surface area contributed by atoms with Gasteiger partial charge in [-0.3, -0.25) is 0 Å². The molecule has 0 aliphatic carbocycles. The first-order valence-electron chi connectivity index (χ1n) is 4.88. The molecule has 0 aliphatic heterocycles. The Hall–Kier alpha value is -0.820. The molecule has 0 saturated heterocycles. The Balaban J connectivity index is 2.35. The maximum atomic E-state index is 5.03. The van der Waals surface area contributed by atoms with Gasteiger partial charge in [0.15, 0.2) is 0 Å². The van der Waals surface area contributed by atoms with Crippen molar-refractivity contribution in [3.05, 3.63) is 35.9 Å². The van der Waals surface area contributed by atoms with E-state index in [4.69, 9.17) is 4.74 Å². The van der Waals surface area contributed by atoms with Crippen molar-refractivity contribution < 1.29 is 4.74 Å². The Morgan fingerprint density at radius 2 is 1.92 bits per heavy atom. The molecule has 0 saturated carbocycles. The number of ether oxygens (including phenoxy) is 1. The summed E-state index contributed by atoms with van der Waals surface area (Å²) in [5.41, 5.74) is 1.43. The first-order valence-corrected chi connectivity index (χ1v) is 4.88. The van der Waals surface area contributed by atoms with Gasteiger partial charge in [-0.05, 0) is 24.3 Å². The maximum Gasteiger partial charge on any atom is 0.0462 e. The average Bonchev–Trinajstić information content (AvgIpc) is 2.19. The van der Waals surface area contributed by atoms with Crippen molar-refractivity contribution in [1.82, 2.24) is 0 Å². The van der Waals surface area contributed by atoms with Gasteiger partial charge in [0.2, 0.25) is 0 Å². The van der Waals surface area contributed by atoms with Gasteiger partial charge >= 0.3 is 0 Å². The molecule has 0 heterocycles. The summed E-state index contributed by atoms with van der Waals surface area (Å²) < 4.78 is 5.03. The van der Waals surface area contributed by atoms with Crippen LogP contribution in [0.3, 0.4) is 0 Å². The largest absolute Gasteiger partial charge is 0.385 e. The van der Waals surface area contributed by atoms with Crippen molar-refractivity contribution in [2.45, 2.75) is 25.7 Å². The van der Waals surface area contributed by atoms with Gasteiger partial charge < -0.3 is 4.74 Å². The fourth-order valence-electron chi connectivity index (χ4n) is 1.48. The van der Waals surface area contributed by atoms with Crippen LogP contribution in [0.25, 0.3) is 0 Å². The molecule has 1 nitrogen and oxygen atoms in total. The molecule has 0 aliphatic rings. The normalized spacial score (nSPS) is 12.8. The van der Waals surface area contributed by atoms with E-state index in [0.29, 0.717) is 5.92 Å². The fourth-order valence-corrected chi connectivity index (χ4v) is 1.48. The van der Waals surface area contributed by atoms with Crippen molar-refractivity contribution in [2.75, 3.05) is 13.7 Å². The third-order valence-corrected chi connectivity index (χ3v) is 2.35. The van der Waals surface area contributed by atoms with Crippen molar-refractivity contribution >= 4 is 0 Å². The van der Waals surface area contributed by atoms with Crippen LogP contribution in [0, 0.1) is 0 Å². The standard InChI is InChI=1S/C12H18O/c1-11(7-6-10-13-2)12-8-4-3-5-9-12/h3-5,8-9,11H,6-7,10H2,1-2H3. The topological polar surface area (TPSA) is 9.23 Å². The summed E-state index contributed by atoms with van der Waals surface area (Å²) in [6.45, 7) is 3.14. The van der Waals surface area contributed by atoms with Crippen LogP contribution in [0.1, 0.15) is 31.2 Å². The number of rotatable bonds is 5. The summed E-state index contributed by atoms with van der Waals surface area (Å²) in [7, 11) is 1.76. The van der Waals surface area contributed by atoms with E-state index in [9.17, 15) is 0 Å². The zero-order valence-corrected chi connectivity index (χ0v) is 8.49. The third kappa shape index (κ3) is 3.60. The molecule has 0 N–H and O–H groups in total. The summed E-state index contributed by atoms with van der Waals surface area (Å²) in [6.07, 6.45) is 2.35. The van der Waals surface area contributed by atoms with Crippen LogP contribution in [0.2, 0.25) is 0 Å². The molecule has 1 aromatic rings. The summed E-state index contributed by atoms with van der Waals surface area (Å²) in [6, 6.07) is 10.6. The lowest BCUT2D eigenvalue weighted by molar-refractivity contribution is 0.191. The first kappa shape index (κ1) is 10.3. The molecule has 1 unspecified atom stereocenters. The Labute approximate surface area is 80.7 Å². The van der Waals surface area contributed by atoms with Crippen LogP contribution < -0.4 is 0 Å². The minimum atomic E-state index is 0.649. The number of methoxy groups -OCH3 is 1. The molecule has 1 heteroatoms. The Morgan fingerprint density at radius 1 is 1.23 bits per heavy atom. The molecule has 0 bridgehead atoms. The van der Waals surface area contributed by atoms with Crippen LogP contribution >= 0.6 is 0 Å². The van der Waals surface area contributed by atoms with Gasteiger partial charge in [0.1, 0.15) is 0 Å². The monoisotopic (exact) mass is 178 g/mol. The lowest BCUT2D eigenvalue weighted by atomic mass is 9.97. The van der Waals surface area contributed by atoms with E-state index in [1.807, 2.05) is 0 Å². The van der Waals surface area contributed by atoms with Gasteiger partial charge in [-0.15, -0.1) is 0 Å². The zero-order chi connectivity index (χ0) is 9.52. The Bertz CT molecular complexity index is 218. The van der Waals surface area contributed by atoms with Crippen molar-refractivity contribution in [3.63, 3.8) is 0 Å². The molecule has 13 heavy (non-hydrogen) atoms. The van der Waals surface area contributed by atoms with Crippen molar-refractivity contribution in [1.29, 1.82) is 0 Å². The van der Waals surface area contributed by atoms with Gasteiger partial charge in [0, 0.05) is 13.7 Å². The van der Waals surface area contributed by atoms with E-state index in [1.54, 1.807) is 7.11 Å². The van der Waals surface area contributed by atoms with E-state index in [2.05, 4.69) is 37.3 Å². The minimum Gasteiger partial charge on any atom is -0.385 e. The third-order valence-electron chi connectivity index (χ3n) is 2.35. The predicted molar refractivity (Wildman–Crippen MR) is 56.0 cm³/mol. The predicted octanol–water partition coefficient (Wildman–Crippen LogP) is 3.22. The molecule has 0 aromatic heterocycles. The first-order chi connectivity index (χ1) is 6.34. The summed E-state index contributed by atoms with van der Waals surface area (Å²) in [5.74, 6) is 0.649. The van der Waals surface area contributed by atoms with Crippen LogP contribution in [0.4, 0.5) is 0 Å². The van der Waals surface area contributed by atoms with Crippen LogP contribution in [-0.2, 0) is 4.74 Å². The molecule has 1 rings (SSSR count). The second-order valence-corrected chi connectivity index (χ2v) is 3.45. The van der Waals surface area contributed by atoms with E-state index in [-0.39, 0.29) is 0 Å². The highest BCUT2D eigenvalue weighted by Gasteiger charge is 2.03. The fraction of sp³-hybridized carbons (Fsp3) is 0.500. The highest BCUT2D eigenvalue weighted by Crippen LogP contribution is 2.19. The Morgan fingerprint density at radius 3 is 2.54 bits per heavy atom. The molecule has 0 radical (unpaired) electrons. The lowest BCUT2D eigenvalue weighted by Gasteiger charge is -2.10. The van der Waals surface area contributed by atoms with Gasteiger partial charge in [0.05, 0.1) is 0 Å². The molecule has 0 spiro atoms. The average molecular weight is 178 g/mol. The molecular formula is C12H18O. The van der Waals surface area contributed by atoms with Gasteiger partial charge in [-0.1, -0.05) is 37.3 Å². The van der Waals surface area contributed by atoms with Gasteiger partial charge in [-0.25, -0.2) is 0 Å². The highest BCUT2D eigenvalue weighted by molar-refractivity contribution is 5.18. The number of hydrogen-bond donors (Lipinski definition) is 0. The molecule has 0 fully saturated rings. The molecule has 0 amide bonds. The Kier molecular flexibility index (Phi) is 4.55. The van der Waals surface area contributed by atoms with Crippen LogP contribution in [0.15, 0.2) is 30.3 Å². The van der Waals surface area contributed by atoms with Crippen LogP contribution in [0.5, 0.6) is 0 Å². The summed E-state index contributed by atoms with van der Waals surface area (Å²) in [4.78, 5) is 0. The second kappa shape index (κ2) is 5.76. The maximum absolute atomic E-state index is 5.03. The molecular weight excluding hydrogens is 160 g/mol. The molecule has 72 valence electrons. The SMILES string of the molecule is COCCCC(C)c1ccccc1. The summed E-state index contributed by atoms with van der Waals surface area (Å²) >= 11 is 0. The smallest absolute Gasteiger partial charge is 0.0462 e. The van der Waals surface area contributed by atoms with E-state index in [1.165, 1.54) is 12.0 Å². The van der Waals surface area contributed by atoms with Crippen molar-refractivity contribution in [2.24, 2.45) is 0 Å². The lowest BCUT2D eigenvalue weighted by Crippen LogP contribution is -1.96. The van der Waals surface area contributed by atoms with Gasteiger partial charge in [-0.2, -0.15) is 0 Å². The highest BCUT2D eigenvalue weighted by atomic mass is 16.5. The molecule has 1 aromatic carbocycles. The number of hydrogen-bond acceptors (Lipinski definition) is 1. The number of benzene rings is 1. The quantitative estimate of drug-likeness (QED) is 0.629.